The normalized spacial score (nSPS) is 13.8. The molecule has 4 aromatic rings. The molecule has 1 amide bonds. The fourth-order valence-corrected chi connectivity index (χ4v) is 5.18. The predicted octanol–water partition coefficient (Wildman–Crippen LogP) is 5.29. The second-order valence-electron chi connectivity index (χ2n) is 8.29. The van der Waals surface area contributed by atoms with Gasteiger partial charge in [0.25, 0.3) is 12.3 Å². The van der Waals surface area contributed by atoms with Gasteiger partial charge in [-0.3, -0.25) is 4.79 Å². The van der Waals surface area contributed by atoms with E-state index in [0.29, 0.717) is 10.7 Å². The molecule has 1 saturated carbocycles. The second kappa shape index (κ2) is 9.14. The van der Waals surface area contributed by atoms with Crippen molar-refractivity contribution in [1.29, 1.82) is 0 Å². The molecule has 0 radical (unpaired) electrons. The zero-order valence-electron chi connectivity index (χ0n) is 18.8. The molecule has 0 aliphatic heterocycles. The van der Waals surface area contributed by atoms with Gasteiger partial charge in [-0.15, -0.1) is 0 Å². The van der Waals surface area contributed by atoms with Gasteiger partial charge in [0.1, 0.15) is 11.4 Å². The Bertz CT molecular complexity index is 1590. The highest BCUT2D eigenvalue weighted by atomic mass is 35.5. The van der Waals surface area contributed by atoms with Crippen LogP contribution in [-0.2, 0) is 9.84 Å². The zero-order chi connectivity index (χ0) is 25.6. The third kappa shape index (κ3) is 4.63. The van der Waals surface area contributed by atoms with Crippen LogP contribution in [0.25, 0.3) is 5.65 Å². The van der Waals surface area contributed by atoms with E-state index in [-0.39, 0.29) is 44.2 Å². The average Bonchev–Trinajstić information content (AvgIpc) is 3.61. The van der Waals surface area contributed by atoms with Gasteiger partial charge in [0.05, 0.1) is 16.9 Å². The Morgan fingerprint density at radius 2 is 1.83 bits per heavy atom. The molecule has 36 heavy (non-hydrogen) atoms. The standard InChI is InChI=1S/C24H19ClF2N4O4S/c1-35-16-8-15(9-18(10-16)36(33,34)17-6-4-14(25)5-7-17)28-24(32)20-12-22-29-19(13-2-3-13)11-21(23(26)27)31(22)30-20/h4-13,23H,2-3H2,1H3,(H,28,32). The van der Waals surface area contributed by atoms with Crippen molar-refractivity contribution >= 4 is 38.7 Å². The Labute approximate surface area is 209 Å². The summed E-state index contributed by atoms with van der Waals surface area (Å²) in [6.07, 6.45) is -1.04. The maximum Gasteiger partial charge on any atom is 0.280 e. The summed E-state index contributed by atoms with van der Waals surface area (Å²) in [4.78, 5) is 17.2. The van der Waals surface area contributed by atoms with Crippen LogP contribution >= 0.6 is 11.6 Å². The molecular weight excluding hydrogens is 514 g/mol. The second-order valence-corrected chi connectivity index (χ2v) is 10.7. The number of hydrogen-bond donors (Lipinski definition) is 1. The molecular formula is C24H19ClF2N4O4S. The van der Waals surface area contributed by atoms with Crippen LogP contribution in [0.1, 0.15) is 47.1 Å². The fraction of sp³-hybridized carbons (Fsp3) is 0.208. The summed E-state index contributed by atoms with van der Waals surface area (Å²) in [6, 6.07) is 12.3. The van der Waals surface area contributed by atoms with Crippen molar-refractivity contribution in [3.8, 4) is 5.75 Å². The molecule has 0 spiro atoms. The van der Waals surface area contributed by atoms with Crippen LogP contribution in [-0.4, -0.2) is 36.0 Å². The summed E-state index contributed by atoms with van der Waals surface area (Å²) in [5, 5.41) is 6.97. The molecule has 12 heteroatoms. The van der Waals surface area contributed by atoms with Crippen molar-refractivity contribution in [2.24, 2.45) is 0 Å². The smallest absolute Gasteiger partial charge is 0.280 e. The minimum atomic E-state index is -3.96. The highest BCUT2D eigenvalue weighted by Gasteiger charge is 2.28. The summed E-state index contributed by atoms with van der Waals surface area (Å²) in [5.41, 5.74) is 0.302. The van der Waals surface area contributed by atoms with Crippen molar-refractivity contribution in [1.82, 2.24) is 14.6 Å². The number of rotatable bonds is 7. The molecule has 1 aliphatic rings. The molecule has 1 N–H and O–H groups in total. The van der Waals surface area contributed by atoms with E-state index in [1.165, 1.54) is 61.7 Å². The Hall–Kier alpha value is -3.57. The quantitative estimate of drug-likeness (QED) is 0.347. The Morgan fingerprint density at radius 1 is 1.11 bits per heavy atom. The number of nitrogens with zero attached hydrogens (tertiary/aromatic N) is 3. The summed E-state index contributed by atoms with van der Waals surface area (Å²) >= 11 is 5.86. The topological polar surface area (TPSA) is 103 Å². The molecule has 2 aromatic carbocycles. The van der Waals surface area contributed by atoms with Gasteiger partial charge in [-0.2, -0.15) is 5.10 Å². The number of amides is 1. The molecule has 0 atom stereocenters. The van der Waals surface area contributed by atoms with Crippen LogP contribution in [0.15, 0.2) is 64.4 Å². The minimum absolute atomic E-state index is 0.00912. The van der Waals surface area contributed by atoms with E-state index in [9.17, 15) is 22.0 Å². The highest BCUT2D eigenvalue weighted by Crippen LogP contribution is 2.40. The summed E-state index contributed by atoms with van der Waals surface area (Å²) in [7, 11) is -2.60. The molecule has 0 saturated heterocycles. The third-order valence-electron chi connectivity index (χ3n) is 5.73. The number of halogens is 3. The van der Waals surface area contributed by atoms with E-state index in [2.05, 4.69) is 15.4 Å². The minimum Gasteiger partial charge on any atom is -0.497 e. The lowest BCUT2D eigenvalue weighted by Gasteiger charge is -2.11. The van der Waals surface area contributed by atoms with Crippen LogP contribution in [0.4, 0.5) is 14.5 Å². The average molecular weight is 533 g/mol. The third-order valence-corrected chi connectivity index (χ3v) is 7.74. The van der Waals surface area contributed by atoms with Crippen LogP contribution in [0.3, 0.4) is 0 Å². The maximum absolute atomic E-state index is 13.7. The van der Waals surface area contributed by atoms with Crippen LogP contribution in [0.2, 0.25) is 5.02 Å². The van der Waals surface area contributed by atoms with E-state index >= 15 is 0 Å². The van der Waals surface area contributed by atoms with E-state index < -0.39 is 22.2 Å². The number of benzene rings is 2. The van der Waals surface area contributed by atoms with Gasteiger partial charge in [0.2, 0.25) is 9.84 Å². The first-order chi connectivity index (χ1) is 17.2. The molecule has 186 valence electrons. The zero-order valence-corrected chi connectivity index (χ0v) is 20.4. The first kappa shape index (κ1) is 24.1. The number of aromatic nitrogens is 3. The van der Waals surface area contributed by atoms with Crippen LogP contribution in [0.5, 0.6) is 5.75 Å². The lowest BCUT2D eigenvalue weighted by Crippen LogP contribution is -2.14. The number of fused-ring (bicyclic) bond motifs is 1. The largest absolute Gasteiger partial charge is 0.497 e. The van der Waals surface area contributed by atoms with Gasteiger partial charge in [-0.05, 0) is 55.3 Å². The van der Waals surface area contributed by atoms with Gasteiger partial charge in [-0.25, -0.2) is 26.7 Å². The van der Waals surface area contributed by atoms with E-state index in [0.717, 1.165) is 17.4 Å². The van der Waals surface area contributed by atoms with E-state index in [1.807, 2.05) is 0 Å². The first-order valence-electron chi connectivity index (χ1n) is 10.9. The highest BCUT2D eigenvalue weighted by molar-refractivity contribution is 7.91. The van der Waals surface area contributed by atoms with Gasteiger partial charge in [0.15, 0.2) is 11.3 Å². The monoisotopic (exact) mass is 532 g/mol. The molecule has 2 heterocycles. The lowest BCUT2D eigenvalue weighted by molar-refractivity contribution is 0.102. The molecule has 1 aliphatic carbocycles. The number of anilines is 1. The van der Waals surface area contributed by atoms with Crippen molar-refractivity contribution in [3.63, 3.8) is 0 Å². The molecule has 2 aromatic heterocycles. The molecule has 0 bridgehead atoms. The number of ether oxygens (including phenoxy) is 1. The van der Waals surface area contributed by atoms with Gasteiger partial charge < -0.3 is 10.1 Å². The number of hydrogen-bond acceptors (Lipinski definition) is 6. The van der Waals surface area contributed by atoms with E-state index in [4.69, 9.17) is 16.3 Å². The Kier molecular flexibility index (Phi) is 6.13. The fourth-order valence-electron chi connectivity index (χ4n) is 3.73. The maximum atomic E-state index is 13.7. The number of sulfone groups is 1. The SMILES string of the molecule is COc1cc(NC(=O)c2cc3nc(C4CC4)cc(C(F)F)n3n2)cc(S(=O)(=O)c2ccc(Cl)cc2)c1. The number of alkyl halides is 2. The van der Waals surface area contributed by atoms with Gasteiger partial charge >= 0.3 is 0 Å². The number of carbonyl (C=O) groups excluding carboxylic acids is 1. The molecule has 1 fully saturated rings. The molecule has 0 unspecified atom stereocenters. The van der Waals surface area contributed by atoms with Crippen molar-refractivity contribution in [2.75, 3.05) is 12.4 Å². The lowest BCUT2D eigenvalue weighted by atomic mass is 10.2. The van der Waals surface area contributed by atoms with Crippen molar-refractivity contribution in [2.45, 2.75) is 35.0 Å². The first-order valence-corrected chi connectivity index (χ1v) is 12.7. The van der Waals surface area contributed by atoms with Gasteiger partial charge in [-0.1, -0.05) is 11.6 Å². The summed E-state index contributed by atoms with van der Waals surface area (Å²) in [6.45, 7) is 0. The molecule has 8 nitrogen and oxygen atoms in total. The number of nitrogens with one attached hydrogen (secondary N) is 1. The Balaban J connectivity index is 1.48. The van der Waals surface area contributed by atoms with E-state index in [1.54, 1.807) is 0 Å². The van der Waals surface area contributed by atoms with Crippen LogP contribution in [0, 0.1) is 0 Å². The summed E-state index contributed by atoms with van der Waals surface area (Å²) in [5.74, 6) is -0.402. The van der Waals surface area contributed by atoms with Crippen molar-refractivity contribution < 1.29 is 26.7 Å². The Morgan fingerprint density at radius 3 is 2.47 bits per heavy atom. The number of carbonyl (C=O) groups is 1. The van der Waals surface area contributed by atoms with Crippen LogP contribution < -0.4 is 10.1 Å². The summed E-state index contributed by atoms with van der Waals surface area (Å²) < 4.78 is 59.7. The number of methoxy groups -OCH3 is 1. The van der Waals surface area contributed by atoms with Gasteiger partial charge in [0, 0.05) is 34.5 Å². The molecule has 5 rings (SSSR count). The predicted molar refractivity (Wildman–Crippen MR) is 128 cm³/mol. The van der Waals surface area contributed by atoms with Crippen molar-refractivity contribution in [3.05, 3.63) is 76.7 Å².